The molecule has 0 atom stereocenters. The number of hydrogen-bond acceptors (Lipinski definition) is 5. The van der Waals surface area contributed by atoms with Crippen molar-refractivity contribution in [1.82, 2.24) is 4.98 Å². The van der Waals surface area contributed by atoms with E-state index < -0.39 is 27.3 Å². The van der Waals surface area contributed by atoms with Gasteiger partial charge in [-0.25, -0.2) is 22.2 Å². The Hall–Kier alpha value is -1.44. The van der Waals surface area contributed by atoms with Gasteiger partial charge in [0.15, 0.2) is 23.3 Å². The van der Waals surface area contributed by atoms with Crippen LogP contribution in [0.3, 0.4) is 0 Å². The Bertz CT molecular complexity index is 490. The van der Waals surface area contributed by atoms with Crippen LogP contribution in [0.2, 0.25) is 0 Å². The first-order valence-electron chi connectivity index (χ1n) is 4.33. The van der Waals surface area contributed by atoms with Gasteiger partial charge in [-0.05, 0) is 0 Å². The highest BCUT2D eigenvalue weighted by molar-refractivity contribution is 7.90. The van der Waals surface area contributed by atoms with Gasteiger partial charge in [0, 0.05) is 18.9 Å². The molecule has 0 aliphatic carbocycles. The number of anilines is 2. The van der Waals surface area contributed by atoms with Gasteiger partial charge in [-0.1, -0.05) is 0 Å². The summed E-state index contributed by atoms with van der Waals surface area (Å²) in [5.41, 5.74) is 5.14. The fraction of sp³-hybridized carbons (Fsp3) is 0.375. The number of nitrogen functional groups attached to an aromatic ring is 1. The molecule has 16 heavy (non-hydrogen) atoms. The number of halogens is 2. The summed E-state index contributed by atoms with van der Waals surface area (Å²) < 4.78 is 47.4. The summed E-state index contributed by atoms with van der Waals surface area (Å²) in [7, 11) is -3.14. The molecule has 0 aliphatic heterocycles. The van der Waals surface area contributed by atoms with Crippen molar-refractivity contribution in [2.24, 2.45) is 0 Å². The lowest BCUT2D eigenvalue weighted by atomic mass is 10.4. The molecule has 0 aromatic carbocycles. The van der Waals surface area contributed by atoms with E-state index in [1.54, 1.807) is 0 Å². The second-order valence-corrected chi connectivity index (χ2v) is 5.50. The van der Waals surface area contributed by atoms with Crippen molar-refractivity contribution in [2.45, 2.75) is 0 Å². The number of sulfone groups is 1. The average Bonchev–Trinajstić information content (AvgIpc) is 2.11. The van der Waals surface area contributed by atoms with Crippen LogP contribution in [0.25, 0.3) is 0 Å². The minimum atomic E-state index is -3.14. The molecule has 0 fully saturated rings. The predicted octanol–water partition coefficient (Wildman–Crippen LogP) is 0.398. The second kappa shape index (κ2) is 4.60. The maximum atomic E-state index is 13.1. The molecule has 0 amide bonds. The fourth-order valence-electron chi connectivity index (χ4n) is 0.960. The van der Waals surface area contributed by atoms with Crippen LogP contribution in [0.1, 0.15) is 0 Å². The van der Waals surface area contributed by atoms with E-state index in [-0.39, 0.29) is 18.1 Å². The minimum absolute atomic E-state index is 0.0200. The van der Waals surface area contributed by atoms with Crippen LogP contribution >= 0.6 is 0 Å². The van der Waals surface area contributed by atoms with Gasteiger partial charge in [0.25, 0.3) is 0 Å². The van der Waals surface area contributed by atoms with Crippen LogP contribution in [-0.2, 0) is 9.84 Å². The maximum absolute atomic E-state index is 13.1. The number of nitrogens with two attached hydrogens (primary N) is 1. The molecular formula is C8H11F2N3O2S. The predicted molar refractivity (Wildman–Crippen MR) is 56.8 cm³/mol. The molecule has 0 spiro atoms. The molecule has 0 unspecified atom stereocenters. The molecule has 0 radical (unpaired) electrons. The Kier molecular flexibility index (Phi) is 3.63. The number of pyridine rings is 1. The molecule has 1 heterocycles. The molecule has 90 valence electrons. The Morgan fingerprint density at radius 2 is 2.06 bits per heavy atom. The van der Waals surface area contributed by atoms with Gasteiger partial charge in [0.05, 0.1) is 5.75 Å². The van der Waals surface area contributed by atoms with Crippen LogP contribution in [0.5, 0.6) is 0 Å². The molecule has 0 aliphatic rings. The van der Waals surface area contributed by atoms with Crippen LogP contribution in [0.15, 0.2) is 6.07 Å². The van der Waals surface area contributed by atoms with Crippen LogP contribution in [-0.4, -0.2) is 32.0 Å². The van der Waals surface area contributed by atoms with Gasteiger partial charge in [0.2, 0.25) is 0 Å². The van der Waals surface area contributed by atoms with E-state index in [1.165, 1.54) is 0 Å². The van der Waals surface area contributed by atoms with Gasteiger partial charge in [0.1, 0.15) is 9.84 Å². The first-order valence-corrected chi connectivity index (χ1v) is 6.39. The standard InChI is InChI=1S/C8H11F2N3O2S/c1-16(14,15)3-2-12-8-6(10)4-5(9)7(11)13-8/h4H,2-3H2,1H3,(H3,11,12,13). The lowest BCUT2D eigenvalue weighted by Crippen LogP contribution is -2.16. The number of nitrogens with one attached hydrogen (secondary N) is 1. The summed E-state index contributed by atoms with van der Waals surface area (Å²) >= 11 is 0. The van der Waals surface area contributed by atoms with Gasteiger partial charge < -0.3 is 11.1 Å². The summed E-state index contributed by atoms with van der Waals surface area (Å²) in [4.78, 5) is 3.41. The quantitative estimate of drug-likeness (QED) is 0.809. The lowest BCUT2D eigenvalue weighted by molar-refractivity contribution is 0.579. The number of nitrogens with zero attached hydrogens (tertiary/aromatic N) is 1. The Labute approximate surface area is 91.6 Å². The van der Waals surface area contributed by atoms with E-state index in [9.17, 15) is 17.2 Å². The Morgan fingerprint density at radius 3 is 2.62 bits per heavy atom. The topological polar surface area (TPSA) is 85.1 Å². The smallest absolute Gasteiger partial charge is 0.168 e. The van der Waals surface area contributed by atoms with Crippen LogP contribution < -0.4 is 11.1 Å². The molecule has 3 N–H and O–H groups in total. The van der Waals surface area contributed by atoms with Crippen molar-refractivity contribution in [2.75, 3.05) is 29.6 Å². The van der Waals surface area contributed by atoms with E-state index >= 15 is 0 Å². The highest BCUT2D eigenvalue weighted by Gasteiger charge is 2.10. The molecule has 5 nitrogen and oxygen atoms in total. The maximum Gasteiger partial charge on any atom is 0.168 e. The Morgan fingerprint density at radius 1 is 1.44 bits per heavy atom. The molecule has 1 aromatic rings. The zero-order chi connectivity index (χ0) is 12.3. The molecule has 0 bridgehead atoms. The zero-order valence-corrected chi connectivity index (χ0v) is 9.31. The van der Waals surface area contributed by atoms with Crippen molar-refractivity contribution >= 4 is 21.5 Å². The lowest BCUT2D eigenvalue weighted by Gasteiger charge is -2.06. The molecule has 0 saturated carbocycles. The summed E-state index contributed by atoms with van der Waals surface area (Å²) in [5, 5.41) is 2.43. The van der Waals surface area contributed by atoms with E-state index in [2.05, 4.69) is 10.3 Å². The third-order valence-electron chi connectivity index (χ3n) is 1.72. The van der Waals surface area contributed by atoms with Gasteiger partial charge >= 0.3 is 0 Å². The summed E-state index contributed by atoms with van der Waals surface area (Å²) in [5.74, 6) is -2.75. The summed E-state index contributed by atoms with van der Waals surface area (Å²) in [6, 6.07) is 0.588. The van der Waals surface area contributed by atoms with Gasteiger partial charge in [-0.3, -0.25) is 0 Å². The molecular weight excluding hydrogens is 240 g/mol. The summed E-state index contributed by atoms with van der Waals surface area (Å²) in [6.45, 7) is -0.0200. The Balaban J connectivity index is 2.71. The van der Waals surface area contributed by atoms with Gasteiger partial charge in [-0.2, -0.15) is 0 Å². The second-order valence-electron chi connectivity index (χ2n) is 3.24. The molecule has 1 aromatic heterocycles. The fourth-order valence-corrected chi connectivity index (χ4v) is 1.43. The van der Waals surface area contributed by atoms with Crippen molar-refractivity contribution in [3.05, 3.63) is 17.7 Å². The van der Waals surface area contributed by atoms with Gasteiger partial charge in [-0.15, -0.1) is 0 Å². The minimum Gasteiger partial charge on any atom is -0.381 e. The average molecular weight is 251 g/mol. The molecule has 8 heteroatoms. The van der Waals surface area contributed by atoms with Crippen LogP contribution in [0, 0.1) is 11.6 Å². The normalized spacial score (nSPS) is 11.4. The van der Waals surface area contributed by atoms with Crippen molar-refractivity contribution in [1.29, 1.82) is 0 Å². The van der Waals surface area contributed by atoms with Crippen LogP contribution in [0.4, 0.5) is 20.4 Å². The summed E-state index contributed by atoms with van der Waals surface area (Å²) in [6.07, 6.45) is 1.05. The molecule has 1 rings (SSSR count). The SMILES string of the molecule is CS(=O)(=O)CCNc1nc(N)c(F)cc1F. The number of hydrogen-bond donors (Lipinski definition) is 2. The van der Waals surface area contributed by atoms with E-state index in [4.69, 9.17) is 5.73 Å². The van der Waals surface area contributed by atoms with E-state index in [1.807, 2.05) is 0 Å². The monoisotopic (exact) mass is 251 g/mol. The number of rotatable bonds is 4. The first-order chi connectivity index (χ1) is 7.29. The highest BCUT2D eigenvalue weighted by Crippen LogP contribution is 2.16. The molecule has 0 saturated heterocycles. The van der Waals surface area contributed by atoms with Crippen molar-refractivity contribution < 1.29 is 17.2 Å². The van der Waals surface area contributed by atoms with Crippen molar-refractivity contribution in [3.8, 4) is 0 Å². The third-order valence-corrected chi connectivity index (χ3v) is 2.67. The highest BCUT2D eigenvalue weighted by atomic mass is 32.2. The zero-order valence-electron chi connectivity index (χ0n) is 8.50. The number of aromatic nitrogens is 1. The largest absolute Gasteiger partial charge is 0.381 e. The first kappa shape index (κ1) is 12.6. The van der Waals surface area contributed by atoms with Crippen molar-refractivity contribution in [3.63, 3.8) is 0 Å². The van der Waals surface area contributed by atoms with E-state index in [0.29, 0.717) is 6.07 Å². The third kappa shape index (κ3) is 3.61. The van der Waals surface area contributed by atoms with E-state index in [0.717, 1.165) is 6.26 Å².